The van der Waals surface area contributed by atoms with Gasteiger partial charge in [-0.25, -0.2) is 9.97 Å². The molecule has 0 spiro atoms. The van der Waals surface area contributed by atoms with Gasteiger partial charge < -0.3 is 15.6 Å². The molecule has 2 amide bonds. The molecule has 0 unspecified atom stereocenters. The van der Waals surface area contributed by atoms with Crippen LogP contribution in [0.3, 0.4) is 0 Å². The molecule has 3 rings (SSSR count). The third-order valence-electron chi connectivity index (χ3n) is 3.46. The maximum Gasteiger partial charge on any atom is 0.287 e. The minimum atomic E-state index is -0.286. The number of nitrogens with zero attached hydrogens (tertiary/aromatic N) is 2. The number of benzene rings is 1. The van der Waals surface area contributed by atoms with Gasteiger partial charge in [-0.2, -0.15) is 0 Å². The summed E-state index contributed by atoms with van der Waals surface area (Å²) < 4.78 is 0. The van der Waals surface area contributed by atoms with Gasteiger partial charge in [-0.1, -0.05) is 30.3 Å². The first-order valence-corrected chi connectivity index (χ1v) is 7.73. The molecule has 0 aliphatic heterocycles. The van der Waals surface area contributed by atoms with E-state index in [0.717, 1.165) is 11.1 Å². The van der Waals surface area contributed by atoms with Crippen molar-refractivity contribution < 1.29 is 9.59 Å². The minimum absolute atomic E-state index is 0.199. The Morgan fingerprint density at radius 1 is 1.12 bits per heavy atom. The van der Waals surface area contributed by atoms with Gasteiger partial charge in [-0.15, -0.1) is 0 Å². The van der Waals surface area contributed by atoms with Crippen LogP contribution in [0.25, 0.3) is 11.3 Å². The average molecular weight is 335 g/mol. The number of nitrogens with one attached hydrogen (secondary N) is 3. The van der Waals surface area contributed by atoms with Gasteiger partial charge in [0.2, 0.25) is 5.91 Å². The lowest BCUT2D eigenvalue weighted by atomic mass is 10.2. The zero-order chi connectivity index (χ0) is 17.6. The second-order valence-electron chi connectivity index (χ2n) is 5.42. The van der Waals surface area contributed by atoms with E-state index in [0.29, 0.717) is 18.1 Å². The number of aromatic nitrogens is 3. The molecular weight excluding hydrogens is 318 g/mol. The molecule has 0 saturated heterocycles. The zero-order valence-corrected chi connectivity index (χ0v) is 13.6. The molecular formula is C18H17N5O2. The van der Waals surface area contributed by atoms with Gasteiger partial charge in [-0.3, -0.25) is 9.59 Å². The quantitative estimate of drug-likeness (QED) is 0.666. The van der Waals surface area contributed by atoms with E-state index >= 15 is 0 Å². The fourth-order valence-electron chi connectivity index (χ4n) is 2.29. The molecule has 2 heterocycles. The van der Waals surface area contributed by atoms with Crippen molar-refractivity contribution in [1.29, 1.82) is 0 Å². The molecule has 0 bridgehead atoms. The normalized spacial score (nSPS) is 10.3. The number of anilines is 1. The van der Waals surface area contributed by atoms with Gasteiger partial charge in [0.15, 0.2) is 5.82 Å². The van der Waals surface area contributed by atoms with Crippen LogP contribution < -0.4 is 10.6 Å². The van der Waals surface area contributed by atoms with E-state index in [1.807, 2.05) is 30.3 Å². The second kappa shape index (κ2) is 7.39. The van der Waals surface area contributed by atoms with Crippen LogP contribution in [0.1, 0.15) is 23.1 Å². The molecule has 0 fully saturated rings. The third kappa shape index (κ3) is 4.29. The van der Waals surface area contributed by atoms with Crippen molar-refractivity contribution in [2.45, 2.75) is 13.5 Å². The van der Waals surface area contributed by atoms with Gasteiger partial charge in [0, 0.05) is 25.2 Å². The number of amides is 2. The summed E-state index contributed by atoms with van der Waals surface area (Å²) in [5, 5.41) is 5.43. The van der Waals surface area contributed by atoms with E-state index in [4.69, 9.17) is 0 Å². The van der Waals surface area contributed by atoms with E-state index in [9.17, 15) is 9.59 Å². The summed E-state index contributed by atoms with van der Waals surface area (Å²) >= 11 is 0. The Balaban J connectivity index is 1.69. The van der Waals surface area contributed by atoms with Crippen molar-refractivity contribution in [3.8, 4) is 11.3 Å². The summed E-state index contributed by atoms with van der Waals surface area (Å²) in [6.45, 7) is 1.84. The van der Waals surface area contributed by atoms with Gasteiger partial charge in [0.25, 0.3) is 5.91 Å². The van der Waals surface area contributed by atoms with E-state index < -0.39 is 0 Å². The second-order valence-corrected chi connectivity index (χ2v) is 5.42. The number of pyridine rings is 1. The Kier molecular flexibility index (Phi) is 4.84. The number of carbonyl (C=O) groups excluding carboxylic acids is 2. The Morgan fingerprint density at radius 3 is 2.68 bits per heavy atom. The van der Waals surface area contributed by atoms with Crippen molar-refractivity contribution in [2.24, 2.45) is 0 Å². The van der Waals surface area contributed by atoms with Gasteiger partial charge >= 0.3 is 0 Å². The van der Waals surface area contributed by atoms with Crippen LogP contribution in [0.15, 0.2) is 54.9 Å². The standard InChI is InChI=1S/C18H17N5O2/c1-12(24)22-16-9-14(7-8-19-16)15-11-20-17(23-15)18(25)21-10-13-5-3-2-4-6-13/h2-9,11H,10H2,1H3,(H,20,23)(H,21,25)(H,19,22,24). The highest BCUT2D eigenvalue weighted by atomic mass is 16.2. The molecule has 25 heavy (non-hydrogen) atoms. The van der Waals surface area contributed by atoms with E-state index in [-0.39, 0.29) is 17.6 Å². The predicted molar refractivity (Wildman–Crippen MR) is 93.7 cm³/mol. The van der Waals surface area contributed by atoms with Crippen molar-refractivity contribution in [1.82, 2.24) is 20.3 Å². The molecule has 0 atom stereocenters. The molecule has 0 saturated carbocycles. The molecule has 0 radical (unpaired) electrons. The molecule has 2 aromatic heterocycles. The highest BCUT2D eigenvalue weighted by Crippen LogP contribution is 2.19. The van der Waals surface area contributed by atoms with E-state index in [2.05, 4.69) is 25.6 Å². The average Bonchev–Trinajstić information content (AvgIpc) is 3.10. The number of carbonyl (C=O) groups is 2. The summed E-state index contributed by atoms with van der Waals surface area (Å²) in [4.78, 5) is 34.5. The Hall–Kier alpha value is -3.48. The fourth-order valence-corrected chi connectivity index (χ4v) is 2.29. The number of aromatic amines is 1. The SMILES string of the molecule is CC(=O)Nc1cc(-c2cnc(C(=O)NCc3ccccc3)[nH]2)ccn1. The first-order chi connectivity index (χ1) is 12.1. The lowest BCUT2D eigenvalue weighted by Gasteiger charge is -2.04. The molecule has 0 aliphatic carbocycles. The van der Waals surface area contributed by atoms with Crippen LogP contribution >= 0.6 is 0 Å². The van der Waals surface area contributed by atoms with Crippen LogP contribution in [0, 0.1) is 0 Å². The number of hydrogen-bond acceptors (Lipinski definition) is 4. The lowest BCUT2D eigenvalue weighted by molar-refractivity contribution is -0.114. The number of H-pyrrole nitrogens is 1. The summed E-state index contributed by atoms with van der Waals surface area (Å²) in [5.74, 6) is 0.181. The molecule has 7 nitrogen and oxygen atoms in total. The molecule has 3 aromatic rings. The number of hydrogen-bond donors (Lipinski definition) is 3. The lowest BCUT2D eigenvalue weighted by Crippen LogP contribution is -2.23. The topological polar surface area (TPSA) is 99.8 Å². The Labute approximate surface area is 144 Å². The molecule has 3 N–H and O–H groups in total. The molecule has 126 valence electrons. The first kappa shape index (κ1) is 16.4. The largest absolute Gasteiger partial charge is 0.345 e. The van der Waals surface area contributed by atoms with Crippen molar-refractivity contribution >= 4 is 17.6 Å². The van der Waals surface area contributed by atoms with Crippen LogP contribution in [0.2, 0.25) is 0 Å². The molecule has 7 heteroatoms. The van der Waals surface area contributed by atoms with Crippen molar-refractivity contribution in [2.75, 3.05) is 5.32 Å². The number of imidazole rings is 1. The third-order valence-corrected chi connectivity index (χ3v) is 3.46. The Bertz CT molecular complexity index is 889. The van der Waals surface area contributed by atoms with Crippen LogP contribution in [0.4, 0.5) is 5.82 Å². The molecule has 1 aromatic carbocycles. The summed E-state index contributed by atoms with van der Waals surface area (Å²) in [6, 6.07) is 13.1. The van der Waals surface area contributed by atoms with Gasteiger partial charge in [-0.05, 0) is 17.7 Å². The van der Waals surface area contributed by atoms with Crippen molar-refractivity contribution in [3.63, 3.8) is 0 Å². The fraction of sp³-hybridized carbons (Fsp3) is 0.111. The summed E-state index contributed by atoms with van der Waals surface area (Å²) in [7, 11) is 0. The minimum Gasteiger partial charge on any atom is -0.345 e. The highest BCUT2D eigenvalue weighted by molar-refractivity contribution is 5.91. The molecule has 0 aliphatic rings. The van der Waals surface area contributed by atoms with E-state index in [1.54, 1.807) is 24.5 Å². The maximum atomic E-state index is 12.2. The van der Waals surface area contributed by atoms with Gasteiger partial charge in [0.05, 0.1) is 11.9 Å². The summed E-state index contributed by atoms with van der Waals surface area (Å²) in [6.07, 6.45) is 3.15. The van der Waals surface area contributed by atoms with Crippen molar-refractivity contribution in [3.05, 3.63) is 66.2 Å². The smallest absolute Gasteiger partial charge is 0.287 e. The van der Waals surface area contributed by atoms with Crippen LogP contribution in [-0.2, 0) is 11.3 Å². The van der Waals surface area contributed by atoms with Crippen LogP contribution in [0.5, 0.6) is 0 Å². The Morgan fingerprint density at radius 2 is 1.92 bits per heavy atom. The van der Waals surface area contributed by atoms with E-state index in [1.165, 1.54) is 6.92 Å². The predicted octanol–water partition coefficient (Wildman–Crippen LogP) is 2.36. The zero-order valence-electron chi connectivity index (χ0n) is 13.6. The first-order valence-electron chi connectivity index (χ1n) is 7.73. The summed E-state index contributed by atoms with van der Waals surface area (Å²) in [5.41, 5.74) is 2.45. The monoisotopic (exact) mass is 335 g/mol. The number of rotatable bonds is 5. The van der Waals surface area contributed by atoms with Gasteiger partial charge in [0.1, 0.15) is 5.82 Å². The highest BCUT2D eigenvalue weighted by Gasteiger charge is 2.11. The van der Waals surface area contributed by atoms with Crippen LogP contribution in [-0.4, -0.2) is 26.8 Å². The maximum absolute atomic E-state index is 12.2.